The standard InChI is InChI=1S/C10H13N3S2/c1-10(2,6-11)9-13-7(5-15-9)8-12-3-4-14-8/h3-5H,6,11H2,1-2H3. The molecule has 0 spiro atoms. The summed E-state index contributed by atoms with van der Waals surface area (Å²) in [5.41, 5.74) is 6.64. The summed E-state index contributed by atoms with van der Waals surface area (Å²) in [5, 5.41) is 6.06. The van der Waals surface area contributed by atoms with Gasteiger partial charge in [-0.25, -0.2) is 9.97 Å². The Kier molecular flexibility index (Phi) is 2.86. The predicted octanol–water partition coefficient (Wildman–Crippen LogP) is 2.50. The first-order valence-electron chi connectivity index (χ1n) is 4.69. The second kappa shape index (κ2) is 4.00. The molecule has 0 bridgehead atoms. The zero-order valence-electron chi connectivity index (χ0n) is 8.73. The van der Waals surface area contributed by atoms with E-state index in [-0.39, 0.29) is 5.41 Å². The molecule has 0 unspecified atom stereocenters. The molecule has 2 heterocycles. The first-order valence-corrected chi connectivity index (χ1v) is 6.45. The van der Waals surface area contributed by atoms with E-state index in [1.54, 1.807) is 28.9 Å². The van der Waals surface area contributed by atoms with Crippen LogP contribution in [-0.2, 0) is 5.41 Å². The molecular formula is C10H13N3S2. The van der Waals surface area contributed by atoms with Crippen molar-refractivity contribution in [2.75, 3.05) is 6.54 Å². The Hall–Kier alpha value is -0.780. The molecular weight excluding hydrogens is 226 g/mol. The topological polar surface area (TPSA) is 51.8 Å². The van der Waals surface area contributed by atoms with Crippen molar-refractivity contribution in [3.05, 3.63) is 22.0 Å². The van der Waals surface area contributed by atoms with E-state index >= 15 is 0 Å². The van der Waals surface area contributed by atoms with E-state index in [0.29, 0.717) is 6.54 Å². The third kappa shape index (κ3) is 2.09. The van der Waals surface area contributed by atoms with Crippen LogP contribution in [-0.4, -0.2) is 16.5 Å². The van der Waals surface area contributed by atoms with Crippen LogP contribution in [0.1, 0.15) is 18.9 Å². The maximum absolute atomic E-state index is 5.72. The van der Waals surface area contributed by atoms with Crippen LogP contribution in [0.25, 0.3) is 10.7 Å². The number of aromatic nitrogens is 2. The largest absolute Gasteiger partial charge is 0.330 e. The molecule has 5 heteroatoms. The molecule has 0 aliphatic rings. The second-order valence-corrected chi connectivity index (χ2v) is 5.72. The Morgan fingerprint density at radius 3 is 2.80 bits per heavy atom. The van der Waals surface area contributed by atoms with Crippen LogP contribution in [0.3, 0.4) is 0 Å². The van der Waals surface area contributed by atoms with Gasteiger partial charge in [-0.1, -0.05) is 13.8 Å². The lowest BCUT2D eigenvalue weighted by atomic mass is 9.95. The van der Waals surface area contributed by atoms with E-state index in [1.807, 2.05) is 10.8 Å². The maximum Gasteiger partial charge on any atom is 0.142 e. The van der Waals surface area contributed by atoms with Gasteiger partial charge in [0, 0.05) is 28.9 Å². The van der Waals surface area contributed by atoms with Gasteiger partial charge in [0.2, 0.25) is 0 Å². The third-order valence-electron chi connectivity index (χ3n) is 2.24. The minimum Gasteiger partial charge on any atom is -0.330 e. The van der Waals surface area contributed by atoms with E-state index in [0.717, 1.165) is 15.7 Å². The summed E-state index contributed by atoms with van der Waals surface area (Å²) in [5.74, 6) is 0. The van der Waals surface area contributed by atoms with Gasteiger partial charge < -0.3 is 5.73 Å². The number of nitrogens with two attached hydrogens (primary N) is 1. The summed E-state index contributed by atoms with van der Waals surface area (Å²) in [6.07, 6.45) is 1.80. The summed E-state index contributed by atoms with van der Waals surface area (Å²) in [7, 11) is 0. The van der Waals surface area contributed by atoms with Gasteiger partial charge in [0.25, 0.3) is 0 Å². The highest BCUT2D eigenvalue weighted by molar-refractivity contribution is 7.14. The maximum atomic E-state index is 5.72. The van der Waals surface area contributed by atoms with E-state index in [9.17, 15) is 0 Å². The normalized spacial score (nSPS) is 11.9. The van der Waals surface area contributed by atoms with Gasteiger partial charge in [0.1, 0.15) is 15.7 Å². The monoisotopic (exact) mass is 239 g/mol. The van der Waals surface area contributed by atoms with Crippen molar-refractivity contribution >= 4 is 22.7 Å². The number of hydrogen-bond acceptors (Lipinski definition) is 5. The van der Waals surface area contributed by atoms with Crippen molar-refractivity contribution in [1.82, 2.24) is 9.97 Å². The van der Waals surface area contributed by atoms with Crippen molar-refractivity contribution in [1.29, 1.82) is 0 Å². The Bertz CT molecular complexity index is 431. The lowest BCUT2D eigenvalue weighted by Gasteiger charge is -2.18. The highest BCUT2D eigenvalue weighted by Crippen LogP contribution is 2.30. The molecule has 3 nitrogen and oxygen atoms in total. The molecule has 0 saturated heterocycles. The number of thiazole rings is 2. The summed E-state index contributed by atoms with van der Waals surface area (Å²) in [6, 6.07) is 0. The first kappa shape index (κ1) is 10.7. The zero-order valence-corrected chi connectivity index (χ0v) is 10.4. The Balaban J connectivity index is 2.33. The van der Waals surface area contributed by atoms with Crippen molar-refractivity contribution in [2.24, 2.45) is 5.73 Å². The van der Waals surface area contributed by atoms with Crippen LogP contribution in [0.5, 0.6) is 0 Å². The zero-order chi connectivity index (χ0) is 10.9. The summed E-state index contributed by atoms with van der Waals surface area (Å²) in [6.45, 7) is 4.83. The summed E-state index contributed by atoms with van der Waals surface area (Å²) < 4.78 is 0. The fraction of sp³-hybridized carbons (Fsp3) is 0.400. The molecule has 0 atom stereocenters. The van der Waals surface area contributed by atoms with Crippen molar-refractivity contribution < 1.29 is 0 Å². The molecule has 0 aliphatic heterocycles. The Labute approximate surface area is 97.0 Å². The average Bonchev–Trinajstić information content (AvgIpc) is 2.88. The van der Waals surface area contributed by atoms with Gasteiger partial charge in [-0.05, 0) is 0 Å². The minimum atomic E-state index is -0.0415. The SMILES string of the molecule is CC(C)(CN)c1nc(-c2nccs2)cs1. The van der Waals surface area contributed by atoms with Gasteiger partial charge in [-0.3, -0.25) is 0 Å². The van der Waals surface area contributed by atoms with Crippen LogP contribution in [0.15, 0.2) is 17.0 Å². The molecule has 0 aliphatic carbocycles. The second-order valence-electron chi connectivity index (χ2n) is 3.96. The first-order chi connectivity index (χ1) is 7.13. The lowest BCUT2D eigenvalue weighted by molar-refractivity contribution is 0.536. The van der Waals surface area contributed by atoms with E-state index in [4.69, 9.17) is 5.73 Å². The number of hydrogen-bond donors (Lipinski definition) is 1. The van der Waals surface area contributed by atoms with Crippen molar-refractivity contribution in [2.45, 2.75) is 19.3 Å². The predicted molar refractivity (Wildman–Crippen MR) is 65.3 cm³/mol. The molecule has 0 saturated carbocycles. The number of rotatable bonds is 3. The quantitative estimate of drug-likeness (QED) is 0.895. The van der Waals surface area contributed by atoms with Crippen molar-refractivity contribution in [3.8, 4) is 10.7 Å². The Morgan fingerprint density at radius 2 is 2.20 bits per heavy atom. The van der Waals surface area contributed by atoms with Gasteiger partial charge in [-0.15, -0.1) is 22.7 Å². The summed E-state index contributed by atoms with van der Waals surface area (Å²) >= 11 is 3.26. The van der Waals surface area contributed by atoms with Gasteiger partial charge in [0.15, 0.2) is 0 Å². The molecule has 2 rings (SSSR count). The lowest BCUT2D eigenvalue weighted by Crippen LogP contribution is -2.27. The average molecular weight is 239 g/mol. The van der Waals surface area contributed by atoms with Crippen LogP contribution in [0.2, 0.25) is 0 Å². The molecule has 0 fully saturated rings. The summed E-state index contributed by atoms with van der Waals surface area (Å²) in [4.78, 5) is 8.82. The van der Waals surface area contributed by atoms with Gasteiger partial charge in [-0.2, -0.15) is 0 Å². The van der Waals surface area contributed by atoms with E-state index in [1.165, 1.54) is 0 Å². The highest BCUT2D eigenvalue weighted by Gasteiger charge is 2.22. The van der Waals surface area contributed by atoms with E-state index in [2.05, 4.69) is 23.8 Å². The molecule has 0 amide bonds. The van der Waals surface area contributed by atoms with Crippen LogP contribution in [0.4, 0.5) is 0 Å². The Morgan fingerprint density at radius 1 is 1.40 bits per heavy atom. The van der Waals surface area contributed by atoms with Crippen LogP contribution in [0, 0.1) is 0 Å². The number of nitrogens with zero attached hydrogens (tertiary/aromatic N) is 2. The third-order valence-corrected chi connectivity index (χ3v) is 4.25. The molecule has 80 valence electrons. The molecule has 0 radical (unpaired) electrons. The van der Waals surface area contributed by atoms with Crippen LogP contribution >= 0.6 is 22.7 Å². The van der Waals surface area contributed by atoms with E-state index < -0.39 is 0 Å². The molecule has 15 heavy (non-hydrogen) atoms. The minimum absolute atomic E-state index is 0.0415. The van der Waals surface area contributed by atoms with Gasteiger partial charge >= 0.3 is 0 Å². The molecule has 0 aromatic carbocycles. The fourth-order valence-electron chi connectivity index (χ4n) is 1.12. The fourth-order valence-corrected chi connectivity index (χ4v) is 2.73. The smallest absolute Gasteiger partial charge is 0.142 e. The molecule has 2 N–H and O–H groups in total. The van der Waals surface area contributed by atoms with Crippen LogP contribution < -0.4 is 5.73 Å². The van der Waals surface area contributed by atoms with Gasteiger partial charge in [0.05, 0.1) is 0 Å². The van der Waals surface area contributed by atoms with Crippen molar-refractivity contribution in [3.63, 3.8) is 0 Å². The highest BCUT2D eigenvalue weighted by atomic mass is 32.1. The molecule has 2 aromatic rings. The molecule has 2 aromatic heterocycles.